The van der Waals surface area contributed by atoms with Crippen LogP contribution in [0.15, 0.2) is 18.2 Å². The molecule has 1 aromatic rings. The van der Waals surface area contributed by atoms with Gasteiger partial charge >= 0.3 is 5.97 Å². The highest BCUT2D eigenvalue weighted by Crippen LogP contribution is 2.30. The fraction of sp³-hybridized carbons (Fsp3) is 0.667. The first-order valence-electron chi connectivity index (χ1n) is 10.2. The van der Waals surface area contributed by atoms with Crippen LogP contribution in [0.3, 0.4) is 0 Å². The highest BCUT2D eigenvalue weighted by molar-refractivity contribution is 5.79. The van der Waals surface area contributed by atoms with Crippen LogP contribution in [0.1, 0.15) is 39.5 Å². The molecule has 3 N–H and O–H groups in total. The molecule has 1 aromatic carbocycles. The number of hydrogen-bond acceptors (Lipinski definition) is 6. The fourth-order valence-electron chi connectivity index (χ4n) is 4.09. The second-order valence-corrected chi connectivity index (χ2v) is 8.49. The average Bonchev–Trinajstić information content (AvgIpc) is 2.67. The van der Waals surface area contributed by atoms with Gasteiger partial charge in [-0.25, -0.2) is 9.18 Å². The molecule has 0 atom stereocenters. The monoisotopic (exact) mass is 393 g/mol. The van der Waals surface area contributed by atoms with E-state index in [2.05, 4.69) is 9.80 Å². The van der Waals surface area contributed by atoms with Crippen molar-refractivity contribution in [1.82, 2.24) is 4.90 Å². The SMILES string of the molecule is CC(C)COC(=O)C1(O)CCN(C2CCN(c3ccc(N)cc3F)CC2)CC1. The molecular formula is C21H32FN3O3. The minimum atomic E-state index is -1.36. The van der Waals surface area contributed by atoms with Crippen LogP contribution in [0.25, 0.3) is 0 Å². The van der Waals surface area contributed by atoms with Crippen LogP contribution in [-0.4, -0.2) is 60.4 Å². The summed E-state index contributed by atoms with van der Waals surface area (Å²) in [4.78, 5) is 16.6. The molecule has 0 spiro atoms. The van der Waals surface area contributed by atoms with Crippen molar-refractivity contribution in [3.05, 3.63) is 24.0 Å². The van der Waals surface area contributed by atoms with E-state index < -0.39 is 11.6 Å². The summed E-state index contributed by atoms with van der Waals surface area (Å²) in [6.45, 7) is 7.20. The van der Waals surface area contributed by atoms with E-state index in [4.69, 9.17) is 10.5 Å². The Balaban J connectivity index is 1.49. The lowest BCUT2D eigenvalue weighted by Crippen LogP contribution is -2.54. The molecule has 2 saturated heterocycles. The van der Waals surface area contributed by atoms with E-state index in [-0.39, 0.29) is 11.7 Å². The Hall–Kier alpha value is -1.86. The van der Waals surface area contributed by atoms with Crippen molar-refractivity contribution in [3.8, 4) is 0 Å². The van der Waals surface area contributed by atoms with Crippen molar-refractivity contribution < 1.29 is 19.0 Å². The third-order valence-electron chi connectivity index (χ3n) is 5.85. The quantitative estimate of drug-likeness (QED) is 0.591. The highest BCUT2D eigenvalue weighted by Gasteiger charge is 2.42. The van der Waals surface area contributed by atoms with Crippen molar-refractivity contribution in [2.75, 3.05) is 43.4 Å². The van der Waals surface area contributed by atoms with Gasteiger partial charge < -0.3 is 25.4 Å². The molecule has 28 heavy (non-hydrogen) atoms. The van der Waals surface area contributed by atoms with E-state index in [0.717, 1.165) is 25.9 Å². The van der Waals surface area contributed by atoms with E-state index in [9.17, 15) is 14.3 Å². The third-order valence-corrected chi connectivity index (χ3v) is 5.85. The summed E-state index contributed by atoms with van der Waals surface area (Å²) < 4.78 is 19.4. The first-order valence-corrected chi connectivity index (χ1v) is 10.2. The van der Waals surface area contributed by atoms with Crippen LogP contribution < -0.4 is 10.6 Å². The summed E-state index contributed by atoms with van der Waals surface area (Å²) in [5.74, 6) is -0.514. The molecule has 2 aliphatic rings. The molecule has 0 radical (unpaired) electrons. The zero-order chi connectivity index (χ0) is 20.3. The largest absolute Gasteiger partial charge is 0.463 e. The van der Waals surface area contributed by atoms with Gasteiger partial charge in [0, 0.05) is 37.9 Å². The molecule has 7 heteroatoms. The molecule has 156 valence electrons. The number of rotatable bonds is 5. The number of hydrogen-bond donors (Lipinski definition) is 2. The second-order valence-electron chi connectivity index (χ2n) is 8.49. The Labute approximate surface area is 166 Å². The third kappa shape index (κ3) is 4.75. The topological polar surface area (TPSA) is 79.0 Å². The molecule has 6 nitrogen and oxygen atoms in total. The maximum Gasteiger partial charge on any atom is 0.338 e. The standard InChI is InChI=1S/C21H32FN3O3/c1-15(2)14-28-20(26)21(27)7-11-24(12-8-21)17-5-9-25(10-6-17)19-4-3-16(23)13-18(19)22/h3-4,13,15,17,27H,5-12,14,23H2,1-2H3. The molecule has 3 rings (SSSR count). The number of esters is 1. The lowest BCUT2D eigenvalue weighted by Gasteiger charge is -2.44. The van der Waals surface area contributed by atoms with Gasteiger partial charge in [-0.2, -0.15) is 0 Å². The molecule has 0 saturated carbocycles. The zero-order valence-corrected chi connectivity index (χ0v) is 16.9. The normalized spacial score (nSPS) is 21.1. The molecule has 2 fully saturated rings. The van der Waals surface area contributed by atoms with Crippen LogP contribution in [0, 0.1) is 11.7 Å². The van der Waals surface area contributed by atoms with Crippen LogP contribution >= 0.6 is 0 Å². The number of nitrogen functional groups attached to an aromatic ring is 1. The number of benzene rings is 1. The first kappa shape index (κ1) is 20.9. The van der Waals surface area contributed by atoms with Gasteiger partial charge in [-0.3, -0.25) is 0 Å². The number of halogens is 1. The summed E-state index contributed by atoms with van der Waals surface area (Å²) in [6, 6.07) is 5.23. The number of anilines is 2. The maximum absolute atomic E-state index is 14.2. The van der Waals surface area contributed by atoms with E-state index in [1.807, 2.05) is 13.8 Å². The van der Waals surface area contributed by atoms with Gasteiger partial charge in [-0.05, 0) is 49.8 Å². The van der Waals surface area contributed by atoms with Gasteiger partial charge in [0.1, 0.15) is 5.82 Å². The first-order chi connectivity index (χ1) is 13.3. The van der Waals surface area contributed by atoms with E-state index in [0.29, 0.717) is 50.0 Å². The molecule has 0 amide bonds. The number of aliphatic hydroxyl groups is 1. The number of nitrogens with zero attached hydrogens (tertiary/aromatic N) is 2. The molecular weight excluding hydrogens is 361 g/mol. The number of likely N-dealkylation sites (tertiary alicyclic amines) is 1. The van der Waals surface area contributed by atoms with Crippen molar-refractivity contribution in [2.45, 2.75) is 51.2 Å². The van der Waals surface area contributed by atoms with Gasteiger partial charge in [-0.1, -0.05) is 13.8 Å². The fourth-order valence-corrected chi connectivity index (χ4v) is 4.09. The van der Waals surface area contributed by atoms with Gasteiger partial charge in [0.2, 0.25) is 0 Å². The summed E-state index contributed by atoms with van der Waals surface area (Å²) in [6.07, 6.45) is 2.66. The zero-order valence-electron chi connectivity index (χ0n) is 16.9. The van der Waals surface area contributed by atoms with Crippen LogP contribution in [0.2, 0.25) is 0 Å². The van der Waals surface area contributed by atoms with Crippen LogP contribution in [-0.2, 0) is 9.53 Å². The van der Waals surface area contributed by atoms with Gasteiger partial charge in [0.05, 0.1) is 12.3 Å². The predicted molar refractivity (Wildman–Crippen MR) is 108 cm³/mol. The number of carbonyl (C=O) groups excluding carboxylic acids is 1. The minimum Gasteiger partial charge on any atom is -0.463 e. The van der Waals surface area contributed by atoms with E-state index in [1.54, 1.807) is 12.1 Å². The number of ether oxygens (including phenoxy) is 1. The van der Waals surface area contributed by atoms with Crippen LogP contribution in [0.4, 0.5) is 15.8 Å². The molecule has 0 unspecified atom stereocenters. The summed E-state index contributed by atoms with van der Waals surface area (Å²) in [5, 5.41) is 10.7. The van der Waals surface area contributed by atoms with Crippen molar-refractivity contribution in [1.29, 1.82) is 0 Å². The summed E-state index contributed by atoms with van der Waals surface area (Å²) in [7, 11) is 0. The van der Waals surface area contributed by atoms with E-state index >= 15 is 0 Å². The average molecular weight is 394 g/mol. The number of carbonyl (C=O) groups is 1. The number of nitrogens with two attached hydrogens (primary N) is 1. The number of piperidine rings is 2. The molecule has 0 bridgehead atoms. The Morgan fingerprint density at radius 3 is 2.50 bits per heavy atom. The van der Waals surface area contributed by atoms with Gasteiger partial charge in [0.15, 0.2) is 5.60 Å². The lowest BCUT2D eigenvalue weighted by molar-refractivity contribution is -0.172. The molecule has 0 aliphatic carbocycles. The van der Waals surface area contributed by atoms with Crippen molar-refractivity contribution >= 4 is 17.3 Å². The predicted octanol–water partition coefficient (Wildman–Crippen LogP) is 2.40. The summed E-state index contributed by atoms with van der Waals surface area (Å²) in [5.41, 5.74) is 5.31. The summed E-state index contributed by atoms with van der Waals surface area (Å²) >= 11 is 0. The maximum atomic E-state index is 14.2. The Morgan fingerprint density at radius 2 is 1.93 bits per heavy atom. The Kier molecular flexibility index (Phi) is 6.45. The minimum absolute atomic E-state index is 0.253. The Bertz CT molecular complexity index is 681. The van der Waals surface area contributed by atoms with E-state index in [1.165, 1.54) is 6.07 Å². The van der Waals surface area contributed by atoms with Gasteiger partial charge in [0.25, 0.3) is 0 Å². The molecule has 0 aromatic heterocycles. The van der Waals surface area contributed by atoms with Crippen molar-refractivity contribution in [2.24, 2.45) is 5.92 Å². The Morgan fingerprint density at radius 1 is 1.29 bits per heavy atom. The van der Waals surface area contributed by atoms with Gasteiger partial charge in [-0.15, -0.1) is 0 Å². The smallest absolute Gasteiger partial charge is 0.338 e. The lowest BCUT2D eigenvalue weighted by atomic mass is 9.89. The molecule has 2 aliphatic heterocycles. The second kappa shape index (κ2) is 8.66. The van der Waals surface area contributed by atoms with Crippen molar-refractivity contribution in [3.63, 3.8) is 0 Å². The molecule has 2 heterocycles. The highest BCUT2D eigenvalue weighted by atomic mass is 19.1. The van der Waals surface area contributed by atoms with Crippen LogP contribution in [0.5, 0.6) is 0 Å².